The first-order chi connectivity index (χ1) is 16.2. The van der Waals surface area contributed by atoms with Gasteiger partial charge in [0.25, 0.3) is 0 Å². The molecule has 3 rings (SSSR count). The molecule has 0 amide bonds. The summed E-state index contributed by atoms with van der Waals surface area (Å²) in [6.07, 6.45) is 10.0. The second-order valence-electron chi connectivity index (χ2n) is 8.34. The van der Waals surface area contributed by atoms with Crippen molar-refractivity contribution in [2.45, 2.75) is 58.8 Å². The van der Waals surface area contributed by atoms with Crippen molar-refractivity contribution in [3.05, 3.63) is 83.9 Å². The lowest BCUT2D eigenvalue weighted by Crippen LogP contribution is -1.97. The molecule has 0 unspecified atom stereocenters. The molecule has 3 aromatic rings. The molecule has 172 valence electrons. The van der Waals surface area contributed by atoms with Gasteiger partial charge in [0.05, 0.1) is 12.3 Å². The van der Waals surface area contributed by atoms with E-state index < -0.39 is 0 Å². The van der Waals surface area contributed by atoms with E-state index in [1.54, 1.807) is 0 Å². The minimum atomic E-state index is 0.170. The standard InChI is InChI=1S/C30H35NO2/c1-3-5-6-7-8-9-22-33-29-20-10-24(11-21-29)23-31-28-18-16-26(17-19-28)25-12-14-27(15-13-25)30(32)4-2/h10-21,23H,3-9,22H2,1-2H3. The number of unbranched alkanes of at least 4 members (excludes halogenated alkanes) is 5. The van der Waals surface area contributed by atoms with Gasteiger partial charge in [-0.25, -0.2) is 0 Å². The lowest BCUT2D eigenvalue weighted by molar-refractivity contribution is 0.0988. The maximum Gasteiger partial charge on any atom is 0.162 e. The highest BCUT2D eigenvalue weighted by Crippen LogP contribution is 2.23. The first-order valence-electron chi connectivity index (χ1n) is 12.2. The van der Waals surface area contributed by atoms with Crippen molar-refractivity contribution in [3.63, 3.8) is 0 Å². The van der Waals surface area contributed by atoms with Crippen molar-refractivity contribution in [1.82, 2.24) is 0 Å². The maximum atomic E-state index is 11.8. The van der Waals surface area contributed by atoms with Gasteiger partial charge >= 0.3 is 0 Å². The fraction of sp³-hybridized carbons (Fsp3) is 0.333. The van der Waals surface area contributed by atoms with Crippen molar-refractivity contribution in [3.8, 4) is 16.9 Å². The topological polar surface area (TPSA) is 38.7 Å². The van der Waals surface area contributed by atoms with Crippen LogP contribution in [0.2, 0.25) is 0 Å². The van der Waals surface area contributed by atoms with Gasteiger partial charge in [0.15, 0.2) is 5.78 Å². The van der Waals surface area contributed by atoms with Crippen molar-refractivity contribution >= 4 is 17.7 Å². The number of ether oxygens (including phenoxy) is 1. The van der Waals surface area contributed by atoms with Crippen LogP contribution in [0.1, 0.15) is 74.7 Å². The third-order valence-electron chi connectivity index (χ3n) is 5.74. The zero-order chi connectivity index (χ0) is 23.3. The predicted octanol–water partition coefficient (Wildman–Crippen LogP) is 8.44. The summed E-state index contributed by atoms with van der Waals surface area (Å²) in [6, 6.07) is 24.0. The number of aliphatic imine (C=N–C) groups is 1. The van der Waals surface area contributed by atoms with Crippen LogP contribution in [0, 0.1) is 0 Å². The monoisotopic (exact) mass is 441 g/mol. The van der Waals surface area contributed by atoms with Gasteiger partial charge in [-0.1, -0.05) is 82.3 Å². The number of benzene rings is 3. The maximum absolute atomic E-state index is 11.8. The van der Waals surface area contributed by atoms with Gasteiger partial charge in [-0.15, -0.1) is 0 Å². The zero-order valence-electron chi connectivity index (χ0n) is 19.9. The Labute approximate surface area is 198 Å². The van der Waals surface area contributed by atoms with Gasteiger partial charge < -0.3 is 4.74 Å². The van der Waals surface area contributed by atoms with Crippen LogP contribution in [-0.2, 0) is 0 Å². The number of carbonyl (C=O) groups is 1. The molecule has 0 saturated carbocycles. The van der Waals surface area contributed by atoms with Gasteiger partial charge in [0.2, 0.25) is 0 Å². The molecule has 0 spiro atoms. The van der Waals surface area contributed by atoms with Gasteiger partial charge in [-0.3, -0.25) is 9.79 Å². The summed E-state index contributed by atoms with van der Waals surface area (Å²) in [6.45, 7) is 4.91. The van der Waals surface area contributed by atoms with Crippen LogP contribution in [0.4, 0.5) is 5.69 Å². The lowest BCUT2D eigenvalue weighted by Gasteiger charge is -2.06. The largest absolute Gasteiger partial charge is 0.494 e. The molecule has 0 atom stereocenters. The minimum Gasteiger partial charge on any atom is -0.494 e. The molecule has 0 radical (unpaired) electrons. The first kappa shape index (κ1) is 24.4. The Morgan fingerprint density at radius 3 is 2.00 bits per heavy atom. The van der Waals surface area contributed by atoms with Crippen LogP contribution in [-0.4, -0.2) is 18.6 Å². The highest BCUT2D eigenvalue weighted by molar-refractivity contribution is 5.96. The molecule has 0 aromatic heterocycles. The Hall–Kier alpha value is -3.20. The summed E-state index contributed by atoms with van der Waals surface area (Å²) >= 11 is 0. The molecule has 3 heteroatoms. The van der Waals surface area contributed by atoms with Crippen LogP contribution < -0.4 is 4.74 Å². The molecule has 0 N–H and O–H groups in total. The summed E-state index contributed by atoms with van der Waals surface area (Å²) in [4.78, 5) is 16.4. The van der Waals surface area contributed by atoms with Crippen LogP contribution in [0.25, 0.3) is 11.1 Å². The van der Waals surface area contributed by atoms with E-state index >= 15 is 0 Å². The zero-order valence-corrected chi connectivity index (χ0v) is 19.9. The SMILES string of the molecule is CCCCCCCCOc1ccc(C=Nc2ccc(-c3ccc(C(=O)CC)cc3)cc2)cc1. The van der Waals surface area contributed by atoms with Crippen molar-refractivity contribution in [2.75, 3.05) is 6.61 Å². The third-order valence-corrected chi connectivity index (χ3v) is 5.74. The molecule has 0 aliphatic carbocycles. The molecule has 33 heavy (non-hydrogen) atoms. The summed E-state index contributed by atoms with van der Waals surface area (Å²) < 4.78 is 5.85. The molecule has 3 nitrogen and oxygen atoms in total. The average molecular weight is 442 g/mol. The summed E-state index contributed by atoms with van der Waals surface area (Å²) in [5.41, 5.74) is 4.91. The van der Waals surface area contributed by atoms with E-state index in [-0.39, 0.29) is 5.78 Å². The fourth-order valence-electron chi connectivity index (χ4n) is 3.66. The van der Waals surface area contributed by atoms with Gasteiger partial charge in [0, 0.05) is 18.2 Å². The highest BCUT2D eigenvalue weighted by atomic mass is 16.5. The van der Waals surface area contributed by atoms with Crippen LogP contribution in [0.15, 0.2) is 77.8 Å². The number of nitrogens with zero attached hydrogens (tertiary/aromatic N) is 1. The van der Waals surface area contributed by atoms with Gasteiger partial charge in [-0.05, 0) is 59.5 Å². The average Bonchev–Trinajstić information content (AvgIpc) is 2.87. The second kappa shape index (κ2) is 13.4. The Kier molecular flexibility index (Phi) is 9.90. The number of hydrogen-bond donors (Lipinski definition) is 0. The van der Waals surface area contributed by atoms with E-state index in [0.29, 0.717) is 6.42 Å². The molecule has 3 aromatic carbocycles. The molecule has 0 aliphatic heterocycles. The number of Topliss-reactive ketones (excluding diaryl/α,β-unsaturated/α-hetero) is 1. The van der Waals surface area contributed by atoms with E-state index in [1.807, 2.05) is 73.8 Å². The molecule has 0 aliphatic rings. The normalized spacial score (nSPS) is 11.1. The summed E-state index contributed by atoms with van der Waals surface area (Å²) in [7, 11) is 0. The minimum absolute atomic E-state index is 0.170. The number of rotatable bonds is 13. The summed E-state index contributed by atoms with van der Waals surface area (Å²) in [5.74, 6) is 1.08. The Bertz CT molecular complexity index is 1000. The molecular formula is C30H35NO2. The van der Waals surface area contributed by atoms with Crippen molar-refractivity contribution in [1.29, 1.82) is 0 Å². The van der Waals surface area contributed by atoms with Crippen molar-refractivity contribution < 1.29 is 9.53 Å². The second-order valence-corrected chi connectivity index (χ2v) is 8.34. The van der Waals surface area contributed by atoms with Gasteiger partial charge in [0.1, 0.15) is 5.75 Å². The Balaban J connectivity index is 1.48. The predicted molar refractivity (Wildman–Crippen MR) is 139 cm³/mol. The lowest BCUT2D eigenvalue weighted by atomic mass is 10.0. The fourth-order valence-corrected chi connectivity index (χ4v) is 3.66. The van der Waals surface area contributed by atoms with Crippen LogP contribution in [0.3, 0.4) is 0 Å². The number of hydrogen-bond acceptors (Lipinski definition) is 3. The summed E-state index contributed by atoms with van der Waals surface area (Å²) in [5, 5.41) is 0. The van der Waals surface area contributed by atoms with E-state index in [9.17, 15) is 4.79 Å². The van der Waals surface area contributed by atoms with Crippen LogP contribution >= 0.6 is 0 Å². The van der Waals surface area contributed by atoms with E-state index in [1.165, 1.54) is 32.1 Å². The van der Waals surface area contributed by atoms with Crippen LogP contribution in [0.5, 0.6) is 5.75 Å². The molecular weight excluding hydrogens is 406 g/mol. The smallest absolute Gasteiger partial charge is 0.162 e. The molecule has 0 saturated heterocycles. The quantitative estimate of drug-likeness (QED) is 0.152. The first-order valence-corrected chi connectivity index (χ1v) is 12.2. The van der Waals surface area contributed by atoms with E-state index in [4.69, 9.17) is 4.74 Å². The highest BCUT2D eigenvalue weighted by Gasteiger charge is 2.04. The molecule has 0 fully saturated rings. The number of carbonyl (C=O) groups excluding carboxylic acids is 1. The van der Waals surface area contributed by atoms with E-state index in [0.717, 1.165) is 46.7 Å². The Morgan fingerprint density at radius 1 is 0.758 bits per heavy atom. The molecule has 0 bridgehead atoms. The van der Waals surface area contributed by atoms with E-state index in [2.05, 4.69) is 24.0 Å². The van der Waals surface area contributed by atoms with Crippen molar-refractivity contribution in [2.24, 2.45) is 4.99 Å². The van der Waals surface area contributed by atoms with Gasteiger partial charge in [-0.2, -0.15) is 0 Å². The molecule has 0 heterocycles. The number of ketones is 1. The Morgan fingerprint density at radius 2 is 1.36 bits per heavy atom. The third kappa shape index (κ3) is 8.02.